The molecule has 12 rings (SSSR count). The van der Waals surface area contributed by atoms with Gasteiger partial charge in [0.05, 0.1) is 16.8 Å². The largest absolute Gasteiger partial charge is 0.311 e. The van der Waals surface area contributed by atoms with Crippen molar-refractivity contribution >= 4 is 77.0 Å². The number of hydrogen-bond acceptors (Lipinski definition) is 2. The van der Waals surface area contributed by atoms with Crippen molar-refractivity contribution in [2.45, 2.75) is 0 Å². The number of para-hydroxylation sites is 1. The van der Waals surface area contributed by atoms with Crippen LogP contribution in [0.3, 0.4) is 0 Å². The number of thiophene rings is 1. The molecule has 0 fully saturated rings. The van der Waals surface area contributed by atoms with E-state index in [4.69, 9.17) is 0 Å². The zero-order chi connectivity index (χ0) is 36.1. The minimum Gasteiger partial charge on any atom is -0.311 e. The SMILES string of the molecule is C1=CC2(C3=Cc4ccccc4C3=C1)C1=Cc3ccccc3C1=CC=C2N(c1ccccc1-c1cccc2sc3ccccc3c12)c1cccc2ccccc12. The maximum Gasteiger partial charge on any atom is 0.0803 e. The molecule has 0 N–H and O–H groups in total. The highest BCUT2D eigenvalue weighted by atomic mass is 32.1. The van der Waals surface area contributed by atoms with E-state index < -0.39 is 5.41 Å². The zero-order valence-electron chi connectivity index (χ0n) is 29.9. The summed E-state index contributed by atoms with van der Waals surface area (Å²) in [6.45, 7) is 0. The van der Waals surface area contributed by atoms with Crippen LogP contribution in [0.25, 0.3) is 65.4 Å². The molecular weight excluding hydrogens is 683 g/mol. The third-order valence-electron chi connectivity index (χ3n) is 12.0. The van der Waals surface area contributed by atoms with Crippen molar-refractivity contribution in [1.29, 1.82) is 0 Å². The molecule has 0 amide bonds. The van der Waals surface area contributed by atoms with Crippen LogP contribution < -0.4 is 4.90 Å². The molecule has 4 aliphatic carbocycles. The third-order valence-corrected chi connectivity index (χ3v) is 13.2. The molecule has 7 aromatic carbocycles. The number of allylic oxidation sites excluding steroid dienone is 7. The van der Waals surface area contributed by atoms with Gasteiger partial charge in [-0.2, -0.15) is 0 Å². The predicted molar refractivity (Wildman–Crippen MR) is 235 cm³/mol. The Labute approximate surface area is 324 Å². The molecule has 1 atom stereocenters. The molecule has 0 saturated carbocycles. The standard InChI is InChI=1S/C53H33NS/c1-6-20-39-34(14-1)17-11-26-47(39)54(48-25-9-7-21-42(48)43-23-12-28-50-52(43)44-22-8-10-27-49(44)55-50)51-30-29-41-38-19-5-3-16-36(38)33-46(41)53(51)31-13-24-40-37-18-4-2-15-35(37)32-45(40)53/h1-33H. The van der Waals surface area contributed by atoms with Crippen LogP contribution >= 0.6 is 11.3 Å². The second-order valence-electron chi connectivity index (χ2n) is 14.8. The Morgan fingerprint density at radius 1 is 0.436 bits per heavy atom. The molecule has 2 heteroatoms. The van der Waals surface area contributed by atoms with Gasteiger partial charge >= 0.3 is 0 Å². The first-order chi connectivity index (χ1) is 27.3. The lowest BCUT2D eigenvalue weighted by atomic mass is 9.63. The smallest absolute Gasteiger partial charge is 0.0803 e. The lowest BCUT2D eigenvalue weighted by Crippen LogP contribution is -2.37. The number of anilines is 2. The molecule has 1 aromatic heterocycles. The summed E-state index contributed by atoms with van der Waals surface area (Å²) in [5.74, 6) is 0. The van der Waals surface area contributed by atoms with Crippen molar-refractivity contribution in [2.75, 3.05) is 4.90 Å². The van der Waals surface area contributed by atoms with E-state index in [0.717, 1.165) is 11.4 Å². The highest BCUT2D eigenvalue weighted by Crippen LogP contribution is 2.63. The summed E-state index contributed by atoms with van der Waals surface area (Å²) < 4.78 is 2.62. The van der Waals surface area contributed by atoms with E-state index in [-0.39, 0.29) is 0 Å². The number of fused-ring (bicyclic) bond motifs is 12. The van der Waals surface area contributed by atoms with Crippen LogP contribution in [0.15, 0.2) is 205 Å². The highest BCUT2D eigenvalue weighted by Gasteiger charge is 2.50. The first kappa shape index (κ1) is 30.7. The van der Waals surface area contributed by atoms with Crippen molar-refractivity contribution in [3.63, 3.8) is 0 Å². The summed E-state index contributed by atoms with van der Waals surface area (Å²) in [5, 5.41) is 5.05. The topological polar surface area (TPSA) is 3.24 Å². The van der Waals surface area contributed by atoms with Crippen LogP contribution in [0.2, 0.25) is 0 Å². The molecule has 1 heterocycles. The Morgan fingerprint density at radius 2 is 1.02 bits per heavy atom. The van der Waals surface area contributed by atoms with E-state index in [9.17, 15) is 0 Å². The normalized spacial score (nSPS) is 17.6. The van der Waals surface area contributed by atoms with Crippen molar-refractivity contribution in [3.8, 4) is 11.1 Å². The molecule has 4 aliphatic rings. The minimum absolute atomic E-state index is 0.586. The first-order valence-corrected chi connectivity index (χ1v) is 19.8. The molecule has 1 spiro atoms. The Bertz CT molecular complexity index is 3130. The van der Waals surface area contributed by atoms with Gasteiger partial charge in [-0.25, -0.2) is 0 Å². The van der Waals surface area contributed by atoms with Crippen LogP contribution in [0, 0.1) is 5.41 Å². The number of benzene rings is 7. The van der Waals surface area contributed by atoms with E-state index in [1.807, 2.05) is 11.3 Å². The van der Waals surface area contributed by atoms with Gasteiger partial charge in [-0.15, -0.1) is 11.3 Å². The molecule has 1 unspecified atom stereocenters. The Balaban J connectivity index is 1.19. The maximum atomic E-state index is 2.60. The average Bonchev–Trinajstić information content (AvgIpc) is 3.95. The van der Waals surface area contributed by atoms with Gasteiger partial charge in [0.15, 0.2) is 0 Å². The van der Waals surface area contributed by atoms with Gasteiger partial charge in [-0.1, -0.05) is 158 Å². The summed E-state index contributed by atoms with van der Waals surface area (Å²) in [5.41, 5.74) is 15.7. The molecule has 55 heavy (non-hydrogen) atoms. The first-order valence-electron chi connectivity index (χ1n) is 19.0. The van der Waals surface area contributed by atoms with Crippen molar-refractivity contribution in [2.24, 2.45) is 5.41 Å². The summed E-state index contributed by atoms with van der Waals surface area (Å²) in [7, 11) is 0. The fourth-order valence-corrected chi connectivity index (χ4v) is 10.8. The lowest BCUT2D eigenvalue weighted by molar-refractivity contribution is 0.677. The van der Waals surface area contributed by atoms with Crippen molar-refractivity contribution < 1.29 is 0 Å². The molecular formula is C53H33NS. The Hall–Kier alpha value is -6.74. The molecule has 0 saturated heterocycles. The van der Waals surface area contributed by atoms with Gasteiger partial charge in [-0.05, 0) is 98.0 Å². The molecule has 0 radical (unpaired) electrons. The van der Waals surface area contributed by atoms with Crippen LogP contribution in [0.1, 0.15) is 22.3 Å². The van der Waals surface area contributed by atoms with Gasteiger partial charge in [0.25, 0.3) is 0 Å². The number of rotatable bonds is 4. The molecule has 1 nitrogen and oxygen atoms in total. The van der Waals surface area contributed by atoms with Crippen LogP contribution in [-0.4, -0.2) is 0 Å². The maximum absolute atomic E-state index is 2.60. The minimum atomic E-state index is -0.586. The van der Waals surface area contributed by atoms with Gasteiger partial charge in [0.1, 0.15) is 0 Å². The monoisotopic (exact) mass is 715 g/mol. The Kier molecular flexibility index (Phi) is 6.49. The quantitative estimate of drug-likeness (QED) is 0.175. The summed E-state index contributed by atoms with van der Waals surface area (Å²) >= 11 is 1.87. The third kappa shape index (κ3) is 4.29. The van der Waals surface area contributed by atoms with Crippen LogP contribution in [-0.2, 0) is 0 Å². The van der Waals surface area contributed by atoms with Gasteiger partial charge < -0.3 is 4.90 Å². The van der Waals surface area contributed by atoms with E-state index in [1.165, 1.54) is 92.3 Å². The lowest BCUT2D eigenvalue weighted by Gasteiger charge is -2.46. The number of nitrogens with zero attached hydrogens (tertiary/aromatic N) is 1. The number of hydrogen-bond donors (Lipinski definition) is 0. The van der Waals surface area contributed by atoms with Crippen LogP contribution in [0.5, 0.6) is 0 Å². The van der Waals surface area contributed by atoms with Gasteiger partial charge in [0, 0.05) is 36.8 Å². The Morgan fingerprint density at radius 3 is 1.84 bits per heavy atom. The van der Waals surface area contributed by atoms with Crippen molar-refractivity contribution in [3.05, 3.63) is 227 Å². The summed E-state index contributed by atoms with van der Waals surface area (Å²) in [6.07, 6.45) is 16.8. The molecule has 0 aliphatic heterocycles. The fraction of sp³-hybridized carbons (Fsp3) is 0.0189. The highest BCUT2D eigenvalue weighted by molar-refractivity contribution is 7.25. The predicted octanol–water partition coefficient (Wildman–Crippen LogP) is 14.4. The van der Waals surface area contributed by atoms with Crippen molar-refractivity contribution in [1.82, 2.24) is 0 Å². The van der Waals surface area contributed by atoms with Crippen LogP contribution in [0.4, 0.5) is 11.4 Å². The second-order valence-corrected chi connectivity index (χ2v) is 15.9. The summed E-state index contributed by atoms with van der Waals surface area (Å²) in [4.78, 5) is 2.60. The van der Waals surface area contributed by atoms with E-state index >= 15 is 0 Å². The zero-order valence-corrected chi connectivity index (χ0v) is 30.7. The second kappa shape index (κ2) is 11.6. The van der Waals surface area contributed by atoms with E-state index in [2.05, 4.69) is 205 Å². The molecule has 0 bridgehead atoms. The summed E-state index contributed by atoms with van der Waals surface area (Å²) in [6, 6.07) is 58.1. The van der Waals surface area contributed by atoms with Gasteiger partial charge in [-0.3, -0.25) is 0 Å². The molecule has 8 aromatic rings. The van der Waals surface area contributed by atoms with E-state index in [0.29, 0.717) is 0 Å². The fourth-order valence-electron chi connectivity index (χ4n) is 9.71. The van der Waals surface area contributed by atoms with Gasteiger partial charge in [0.2, 0.25) is 0 Å². The van der Waals surface area contributed by atoms with E-state index in [1.54, 1.807) is 0 Å². The average molecular weight is 716 g/mol. The molecule has 256 valence electrons.